The summed E-state index contributed by atoms with van der Waals surface area (Å²) in [6, 6.07) is 11.4. The summed E-state index contributed by atoms with van der Waals surface area (Å²) in [7, 11) is 1.41. The molecule has 0 radical (unpaired) electrons. The van der Waals surface area contributed by atoms with Crippen molar-refractivity contribution in [3.63, 3.8) is 0 Å². The zero-order chi connectivity index (χ0) is 18.3. The summed E-state index contributed by atoms with van der Waals surface area (Å²) < 4.78 is 7.22. The second-order valence-electron chi connectivity index (χ2n) is 6.68. The monoisotopic (exact) mass is 387 g/mol. The number of rotatable bonds is 3. The third-order valence-electron chi connectivity index (χ3n) is 5.14. The van der Waals surface area contributed by atoms with E-state index in [1.807, 2.05) is 30.3 Å². The van der Waals surface area contributed by atoms with Gasteiger partial charge in [-0.3, -0.25) is 0 Å². The molecule has 0 aliphatic heterocycles. The van der Waals surface area contributed by atoms with E-state index < -0.39 is 0 Å². The van der Waals surface area contributed by atoms with E-state index in [1.54, 1.807) is 6.07 Å². The summed E-state index contributed by atoms with van der Waals surface area (Å²) in [4.78, 5) is 11.9. The molecular formula is C21H19Cl2NO2. The molecule has 0 atom stereocenters. The summed E-state index contributed by atoms with van der Waals surface area (Å²) in [5, 5.41) is 2.46. The van der Waals surface area contributed by atoms with Crippen LogP contribution in [0.4, 0.5) is 0 Å². The van der Waals surface area contributed by atoms with Crippen LogP contribution in [0.25, 0.3) is 10.9 Å². The Bertz CT molecular complexity index is 1010. The van der Waals surface area contributed by atoms with Crippen LogP contribution in [0, 0.1) is 0 Å². The molecule has 26 heavy (non-hydrogen) atoms. The molecule has 0 unspecified atom stereocenters. The molecule has 0 spiro atoms. The first kappa shape index (κ1) is 17.4. The molecule has 0 bridgehead atoms. The van der Waals surface area contributed by atoms with Gasteiger partial charge in [0.1, 0.15) is 0 Å². The van der Waals surface area contributed by atoms with Gasteiger partial charge in [0.25, 0.3) is 0 Å². The van der Waals surface area contributed by atoms with Crippen LogP contribution in [0.3, 0.4) is 0 Å². The zero-order valence-electron chi connectivity index (χ0n) is 14.5. The normalized spacial score (nSPS) is 13.7. The smallest absolute Gasteiger partial charge is 0.337 e. The number of aryl methyl sites for hydroxylation is 1. The Labute approximate surface area is 162 Å². The van der Waals surface area contributed by atoms with Crippen LogP contribution in [0.5, 0.6) is 0 Å². The molecular weight excluding hydrogens is 369 g/mol. The Morgan fingerprint density at radius 2 is 1.92 bits per heavy atom. The van der Waals surface area contributed by atoms with Crippen LogP contribution in [0.1, 0.15) is 40.0 Å². The van der Waals surface area contributed by atoms with Crippen molar-refractivity contribution < 1.29 is 9.53 Å². The van der Waals surface area contributed by atoms with E-state index in [9.17, 15) is 4.79 Å². The number of nitrogens with zero attached hydrogens (tertiary/aromatic N) is 1. The van der Waals surface area contributed by atoms with Crippen molar-refractivity contribution >= 4 is 40.1 Å². The number of hydrogen-bond acceptors (Lipinski definition) is 2. The molecule has 4 rings (SSSR count). The first-order chi connectivity index (χ1) is 12.6. The largest absolute Gasteiger partial charge is 0.465 e. The molecule has 0 fully saturated rings. The van der Waals surface area contributed by atoms with E-state index in [4.69, 9.17) is 27.9 Å². The Balaban J connectivity index is 1.87. The number of halogens is 2. The van der Waals surface area contributed by atoms with Crippen molar-refractivity contribution in [2.24, 2.45) is 0 Å². The highest BCUT2D eigenvalue weighted by Gasteiger charge is 2.21. The van der Waals surface area contributed by atoms with Crippen molar-refractivity contribution in [3.8, 4) is 0 Å². The van der Waals surface area contributed by atoms with Gasteiger partial charge in [0.2, 0.25) is 0 Å². The standard InChI is InChI=1S/C21H19Cl2NO2/c1-26-21(25)13-7-9-20-17(10-13)16-4-2-3-5-19(16)24(20)12-14-6-8-15(22)11-18(14)23/h6-11H,2-5,12H2,1H3. The van der Waals surface area contributed by atoms with E-state index in [2.05, 4.69) is 4.57 Å². The molecule has 3 nitrogen and oxygen atoms in total. The molecule has 5 heteroatoms. The second-order valence-corrected chi connectivity index (χ2v) is 7.52. The van der Waals surface area contributed by atoms with Crippen LogP contribution in [-0.4, -0.2) is 17.6 Å². The van der Waals surface area contributed by atoms with Gasteiger partial charge in [-0.25, -0.2) is 4.79 Å². The fourth-order valence-electron chi connectivity index (χ4n) is 3.88. The predicted molar refractivity (Wildman–Crippen MR) is 105 cm³/mol. The molecule has 0 amide bonds. The zero-order valence-corrected chi connectivity index (χ0v) is 16.0. The molecule has 0 saturated carbocycles. The van der Waals surface area contributed by atoms with E-state index in [-0.39, 0.29) is 5.97 Å². The number of hydrogen-bond donors (Lipinski definition) is 0. The van der Waals surface area contributed by atoms with Crippen molar-refractivity contribution in [1.82, 2.24) is 4.57 Å². The Morgan fingerprint density at radius 3 is 2.69 bits per heavy atom. The van der Waals surface area contributed by atoms with Gasteiger partial charge in [-0.2, -0.15) is 0 Å². The third-order valence-corrected chi connectivity index (χ3v) is 5.73. The molecule has 0 N–H and O–H groups in total. The lowest BCUT2D eigenvalue weighted by molar-refractivity contribution is 0.0601. The minimum Gasteiger partial charge on any atom is -0.465 e. The number of aromatic nitrogens is 1. The lowest BCUT2D eigenvalue weighted by Gasteiger charge is -2.16. The average Bonchev–Trinajstić information content (AvgIpc) is 2.96. The predicted octanol–water partition coefficient (Wildman–Crippen LogP) is 5.66. The van der Waals surface area contributed by atoms with Gasteiger partial charge in [-0.05, 0) is 67.1 Å². The number of methoxy groups -OCH3 is 1. The quantitative estimate of drug-likeness (QED) is 0.542. The third kappa shape index (κ3) is 3.00. The number of benzene rings is 2. The molecule has 134 valence electrons. The van der Waals surface area contributed by atoms with Gasteiger partial charge in [0.15, 0.2) is 0 Å². The first-order valence-electron chi connectivity index (χ1n) is 8.74. The SMILES string of the molecule is COC(=O)c1ccc2c(c1)c1c(n2Cc2ccc(Cl)cc2Cl)CCCC1. The summed E-state index contributed by atoms with van der Waals surface area (Å²) in [6.07, 6.45) is 4.44. The van der Waals surface area contributed by atoms with Crippen LogP contribution >= 0.6 is 23.2 Å². The maximum Gasteiger partial charge on any atom is 0.337 e. The van der Waals surface area contributed by atoms with E-state index in [0.717, 1.165) is 29.3 Å². The Kier molecular flexibility index (Phi) is 4.68. The van der Waals surface area contributed by atoms with E-state index >= 15 is 0 Å². The summed E-state index contributed by atoms with van der Waals surface area (Å²) in [6.45, 7) is 0.694. The van der Waals surface area contributed by atoms with Crippen LogP contribution in [0.2, 0.25) is 10.0 Å². The van der Waals surface area contributed by atoms with Crippen molar-refractivity contribution in [2.45, 2.75) is 32.2 Å². The lowest BCUT2D eigenvalue weighted by atomic mass is 9.95. The van der Waals surface area contributed by atoms with Crippen LogP contribution < -0.4 is 0 Å². The van der Waals surface area contributed by atoms with Gasteiger partial charge in [0, 0.05) is 33.2 Å². The molecule has 1 aromatic heterocycles. The number of fused-ring (bicyclic) bond motifs is 3. The summed E-state index contributed by atoms with van der Waals surface area (Å²) in [5.74, 6) is -0.301. The van der Waals surface area contributed by atoms with Crippen LogP contribution in [-0.2, 0) is 24.1 Å². The fraction of sp³-hybridized carbons (Fsp3) is 0.286. The number of carbonyl (C=O) groups is 1. The number of carbonyl (C=O) groups excluding carboxylic acids is 1. The van der Waals surface area contributed by atoms with Crippen LogP contribution in [0.15, 0.2) is 36.4 Å². The molecule has 3 aromatic rings. The number of esters is 1. The summed E-state index contributed by atoms with van der Waals surface area (Å²) >= 11 is 12.4. The van der Waals surface area contributed by atoms with Gasteiger partial charge < -0.3 is 9.30 Å². The second kappa shape index (κ2) is 6.98. The average molecular weight is 388 g/mol. The minimum atomic E-state index is -0.301. The molecule has 1 aliphatic carbocycles. The van der Waals surface area contributed by atoms with Gasteiger partial charge in [0.05, 0.1) is 12.7 Å². The lowest BCUT2D eigenvalue weighted by Crippen LogP contribution is -2.09. The van der Waals surface area contributed by atoms with Crippen molar-refractivity contribution in [2.75, 3.05) is 7.11 Å². The van der Waals surface area contributed by atoms with Crippen molar-refractivity contribution in [3.05, 3.63) is 68.8 Å². The van der Waals surface area contributed by atoms with Crippen molar-refractivity contribution in [1.29, 1.82) is 0 Å². The van der Waals surface area contributed by atoms with E-state index in [0.29, 0.717) is 22.2 Å². The first-order valence-corrected chi connectivity index (χ1v) is 9.50. The Hall–Kier alpha value is -1.97. The van der Waals surface area contributed by atoms with Gasteiger partial charge >= 0.3 is 5.97 Å². The Morgan fingerprint density at radius 1 is 1.12 bits per heavy atom. The highest BCUT2D eigenvalue weighted by atomic mass is 35.5. The maximum absolute atomic E-state index is 11.9. The highest BCUT2D eigenvalue weighted by molar-refractivity contribution is 6.35. The topological polar surface area (TPSA) is 31.2 Å². The minimum absolute atomic E-state index is 0.301. The van der Waals surface area contributed by atoms with Gasteiger partial charge in [-0.15, -0.1) is 0 Å². The molecule has 0 saturated heterocycles. The fourth-order valence-corrected chi connectivity index (χ4v) is 4.35. The molecule has 2 aromatic carbocycles. The van der Waals surface area contributed by atoms with E-state index in [1.165, 1.54) is 31.2 Å². The molecule has 1 aliphatic rings. The highest BCUT2D eigenvalue weighted by Crippen LogP contribution is 2.34. The molecule has 1 heterocycles. The summed E-state index contributed by atoms with van der Waals surface area (Å²) in [5.41, 5.74) is 5.46. The number of ether oxygens (including phenoxy) is 1. The maximum atomic E-state index is 11.9. The van der Waals surface area contributed by atoms with Gasteiger partial charge in [-0.1, -0.05) is 29.3 Å².